The van der Waals surface area contributed by atoms with Crippen molar-refractivity contribution in [2.24, 2.45) is 0 Å². The summed E-state index contributed by atoms with van der Waals surface area (Å²) in [6, 6.07) is 7.31. The quantitative estimate of drug-likeness (QED) is 0.846. The van der Waals surface area contributed by atoms with E-state index in [2.05, 4.69) is 15.5 Å². The monoisotopic (exact) mass is 317 g/mol. The predicted molar refractivity (Wildman–Crippen MR) is 93.5 cm³/mol. The Bertz CT molecular complexity index is 523. The molecule has 1 aromatic rings. The van der Waals surface area contributed by atoms with E-state index in [4.69, 9.17) is 0 Å². The second kappa shape index (κ2) is 9.30. The summed E-state index contributed by atoms with van der Waals surface area (Å²) < 4.78 is 0. The summed E-state index contributed by atoms with van der Waals surface area (Å²) in [5.74, 6) is 0.00415. The molecule has 1 aliphatic heterocycles. The summed E-state index contributed by atoms with van der Waals surface area (Å²) in [5.41, 5.74) is 1.44. The van der Waals surface area contributed by atoms with Crippen LogP contribution in [0.5, 0.6) is 0 Å². The van der Waals surface area contributed by atoms with Gasteiger partial charge in [0.1, 0.15) is 0 Å². The molecule has 0 spiro atoms. The van der Waals surface area contributed by atoms with Crippen LogP contribution in [0.3, 0.4) is 0 Å². The van der Waals surface area contributed by atoms with Gasteiger partial charge in [-0.25, -0.2) is 0 Å². The van der Waals surface area contributed by atoms with Gasteiger partial charge < -0.3 is 10.6 Å². The van der Waals surface area contributed by atoms with Gasteiger partial charge in [0.15, 0.2) is 0 Å². The number of hydrogen-bond acceptors (Lipinski definition) is 3. The highest BCUT2D eigenvalue weighted by Gasteiger charge is 2.13. The molecule has 0 atom stereocenters. The first-order valence-corrected chi connectivity index (χ1v) is 8.59. The van der Waals surface area contributed by atoms with Crippen molar-refractivity contribution in [3.8, 4) is 0 Å². The molecule has 0 aliphatic carbocycles. The number of benzene rings is 1. The summed E-state index contributed by atoms with van der Waals surface area (Å²) in [5, 5.41) is 5.77. The highest BCUT2D eigenvalue weighted by Crippen LogP contribution is 2.16. The Morgan fingerprint density at radius 2 is 1.61 bits per heavy atom. The van der Waals surface area contributed by atoms with Crippen molar-refractivity contribution in [1.82, 2.24) is 4.90 Å². The molecule has 0 radical (unpaired) electrons. The minimum absolute atomic E-state index is 0.000503. The van der Waals surface area contributed by atoms with E-state index in [1.807, 2.05) is 25.1 Å². The molecule has 2 amide bonds. The number of rotatable bonds is 6. The van der Waals surface area contributed by atoms with E-state index in [1.165, 1.54) is 25.7 Å². The SMILES string of the molecule is CCCC(=O)Nc1cccc(NC(=O)CN2CCCCCC2)c1. The number of hydrogen-bond donors (Lipinski definition) is 2. The number of carbonyl (C=O) groups excluding carboxylic acids is 2. The van der Waals surface area contributed by atoms with Gasteiger partial charge in [-0.2, -0.15) is 0 Å². The van der Waals surface area contributed by atoms with Crippen LogP contribution in [0.15, 0.2) is 24.3 Å². The van der Waals surface area contributed by atoms with Crippen molar-refractivity contribution in [3.63, 3.8) is 0 Å². The number of amides is 2. The van der Waals surface area contributed by atoms with Crippen molar-refractivity contribution < 1.29 is 9.59 Å². The van der Waals surface area contributed by atoms with Crippen molar-refractivity contribution in [2.45, 2.75) is 45.4 Å². The van der Waals surface area contributed by atoms with Crippen LogP contribution < -0.4 is 10.6 Å². The molecule has 1 aliphatic rings. The molecule has 23 heavy (non-hydrogen) atoms. The molecule has 1 saturated heterocycles. The van der Waals surface area contributed by atoms with Crippen molar-refractivity contribution in [2.75, 3.05) is 30.3 Å². The third-order valence-corrected chi connectivity index (χ3v) is 3.97. The largest absolute Gasteiger partial charge is 0.326 e. The molecular weight excluding hydrogens is 290 g/mol. The maximum absolute atomic E-state index is 12.2. The van der Waals surface area contributed by atoms with Crippen LogP contribution in [0.2, 0.25) is 0 Å². The van der Waals surface area contributed by atoms with Crippen molar-refractivity contribution >= 4 is 23.2 Å². The van der Waals surface area contributed by atoms with Crippen LogP contribution >= 0.6 is 0 Å². The molecule has 0 unspecified atom stereocenters. The van der Waals surface area contributed by atoms with Crippen LogP contribution in [-0.4, -0.2) is 36.3 Å². The number of anilines is 2. The van der Waals surface area contributed by atoms with Crippen molar-refractivity contribution in [1.29, 1.82) is 0 Å². The van der Waals surface area contributed by atoms with E-state index < -0.39 is 0 Å². The van der Waals surface area contributed by atoms with Gasteiger partial charge in [-0.3, -0.25) is 14.5 Å². The molecule has 5 heteroatoms. The third kappa shape index (κ3) is 6.40. The maximum atomic E-state index is 12.2. The molecule has 126 valence electrons. The van der Waals surface area contributed by atoms with Gasteiger partial charge in [0, 0.05) is 17.8 Å². The smallest absolute Gasteiger partial charge is 0.238 e. The Morgan fingerprint density at radius 1 is 1.00 bits per heavy atom. The van der Waals surface area contributed by atoms with Gasteiger partial charge in [-0.15, -0.1) is 0 Å². The molecule has 0 saturated carbocycles. The highest BCUT2D eigenvalue weighted by atomic mass is 16.2. The molecule has 1 heterocycles. The van der Waals surface area contributed by atoms with Crippen LogP contribution in [0, 0.1) is 0 Å². The summed E-state index contributed by atoms with van der Waals surface area (Å²) in [6.07, 6.45) is 6.19. The zero-order chi connectivity index (χ0) is 16.5. The summed E-state index contributed by atoms with van der Waals surface area (Å²) in [4.78, 5) is 26.0. The summed E-state index contributed by atoms with van der Waals surface area (Å²) in [6.45, 7) is 4.41. The summed E-state index contributed by atoms with van der Waals surface area (Å²) >= 11 is 0. The highest BCUT2D eigenvalue weighted by molar-refractivity contribution is 5.94. The van der Waals surface area contributed by atoms with E-state index in [0.717, 1.165) is 30.9 Å². The molecule has 0 aromatic heterocycles. The first-order chi connectivity index (χ1) is 11.2. The Morgan fingerprint density at radius 3 is 2.22 bits per heavy atom. The molecule has 5 nitrogen and oxygen atoms in total. The minimum atomic E-state index is 0.000503. The normalized spacial score (nSPS) is 15.7. The van der Waals surface area contributed by atoms with Gasteiger partial charge >= 0.3 is 0 Å². The fourth-order valence-corrected chi connectivity index (χ4v) is 2.82. The predicted octanol–water partition coefficient (Wildman–Crippen LogP) is 3.24. The Labute approximate surface area is 138 Å². The van der Waals surface area contributed by atoms with Gasteiger partial charge in [0.2, 0.25) is 11.8 Å². The number of nitrogens with zero attached hydrogens (tertiary/aromatic N) is 1. The van der Waals surface area contributed by atoms with E-state index in [1.54, 1.807) is 6.07 Å². The second-order valence-electron chi connectivity index (χ2n) is 6.12. The average Bonchev–Trinajstić information content (AvgIpc) is 2.76. The molecule has 1 aromatic carbocycles. The standard InChI is InChI=1S/C18H27N3O2/c1-2-8-17(22)19-15-9-7-10-16(13-15)20-18(23)14-21-11-5-3-4-6-12-21/h7,9-10,13H,2-6,8,11-12,14H2,1H3,(H,19,22)(H,20,23). The van der Waals surface area contributed by atoms with E-state index in [0.29, 0.717) is 13.0 Å². The Hall–Kier alpha value is -1.88. The van der Waals surface area contributed by atoms with Crippen LogP contribution in [0.25, 0.3) is 0 Å². The molecule has 1 fully saturated rings. The average molecular weight is 317 g/mol. The van der Waals surface area contributed by atoms with Gasteiger partial charge in [-0.1, -0.05) is 25.8 Å². The van der Waals surface area contributed by atoms with Crippen molar-refractivity contribution in [3.05, 3.63) is 24.3 Å². The Balaban J connectivity index is 1.86. The second-order valence-corrected chi connectivity index (χ2v) is 6.12. The van der Waals surface area contributed by atoms with Gasteiger partial charge in [0.25, 0.3) is 0 Å². The fourth-order valence-electron chi connectivity index (χ4n) is 2.82. The van der Waals surface area contributed by atoms with Crippen LogP contribution in [0.1, 0.15) is 45.4 Å². The van der Waals surface area contributed by atoms with Gasteiger partial charge in [0.05, 0.1) is 6.54 Å². The van der Waals surface area contributed by atoms with E-state index >= 15 is 0 Å². The van der Waals surface area contributed by atoms with E-state index in [9.17, 15) is 9.59 Å². The first kappa shape index (κ1) is 17.5. The molecule has 2 rings (SSSR count). The number of nitrogens with one attached hydrogen (secondary N) is 2. The molecule has 0 bridgehead atoms. The zero-order valence-electron chi connectivity index (χ0n) is 13.9. The van der Waals surface area contributed by atoms with Crippen LogP contribution in [-0.2, 0) is 9.59 Å². The van der Waals surface area contributed by atoms with E-state index in [-0.39, 0.29) is 11.8 Å². The first-order valence-electron chi connectivity index (χ1n) is 8.59. The van der Waals surface area contributed by atoms with Crippen LogP contribution in [0.4, 0.5) is 11.4 Å². The lowest BCUT2D eigenvalue weighted by Crippen LogP contribution is -2.33. The maximum Gasteiger partial charge on any atom is 0.238 e. The molecular formula is C18H27N3O2. The zero-order valence-corrected chi connectivity index (χ0v) is 13.9. The molecule has 2 N–H and O–H groups in total. The minimum Gasteiger partial charge on any atom is -0.326 e. The van der Waals surface area contributed by atoms with Gasteiger partial charge in [-0.05, 0) is 50.6 Å². The number of carbonyl (C=O) groups is 2. The fraction of sp³-hybridized carbons (Fsp3) is 0.556. The third-order valence-electron chi connectivity index (χ3n) is 3.97. The number of likely N-dealkylation sites (tertiary alicyclic amines) is 1. The summed E-state index contributed by atoms with van der Waals surface area (Å²) in [7, 11) is 0. The lowest BCUT2D eigenvalue weighted by Gasteiger charge is -2.19. The topological polar surface area (TPSA) is 61.4 Å². The Kier molecular flexibility index (Phi) is 7.07. The lowest BCUT2D eigenvalue weighted by molar-refractivity contribution is -0.117. The lowest BCUT2D eigenvalue weighted by atomic mass is 10.2.